The Kier molecular flexibility index (Phi) is 2.79. The van der Waals surface area contributed by atoms with Crippen molar-refractivity contribution in [3.63, 3.8) is 0 Å². The standard InChI is InChI=1S/C13H14ClNO3/c14-10-7-15-4-3-8(10)5-13(12(16)17)6-9-1-2-11(13)18-9/h3-4,7,9,11H,1-2,5-6H2,(H,16,17). The lowest BCUT2D eigenvalue weighted by Crippen LogP contribution is -2.42. The lowest BCUT2D eigenvalue weighted by atomic mass is 9.70. The molecule has 3 rings (SSSR count). The zero-order valence-corrected chi connectivity index (χ0v) is 10.6. The number of carbonyl (C=O) groups is 1. The van der Waals surface area contributed by atoms with Gasteiger partial charge in [0.2, 0.25) is 0 Å². The monoisotopic (exact) mass is 267 g/mol. The summed E-state index contributed by atoms with van der Waals surface area (Å²) in [6, 6.07) is 1.79. The molecule has 4 nitrogen and oxygen atoms in total. The topological polar surface area (TPSA) is 59.4 Å². The van der Waals surface area contributed by atoms with Crippen LogP contribution in [0.4, 0.5) is 0 Å². The van der Waals surface area contributed by atoms with E-state index in [1.165, 1.54) is 0 Å². The summed E-state index contributed by atoms with van der Waals surface area (Å²) in [5, 5.41) is 10.1. The predicted molar refractivity (Wildman–Crippen MR) is 65.5 cm³/mol. The van der Waals surface area contributed by atoms with Crippen molar-refractivity contribution in [3.8, 4) is 0 Å². The Balaban J connectivity index is 1.93. The largest absolute Gasteiger partial charge is 0.481 e. The van der Waals surface area contributed by atoms with Gasteiger partial charge < -0.3 is 9.84 Å². The number of aliphatic carboxylic acids is 1. The lowest BCUT2D eigenvalue weighted by Gasteiger charge is -2.31. The zero-order chi connectivity index (χ0) is 12.8. The number of hydrogen-bond donors (Lipinski definition) is 1. The fraction of sp³-hybridized carbons (Fsp3) is 0.538. The highest BCUT2D eigenvalue weighted by molar-refractivity contribution is 6.31. The number of ether oxygens (including phenoxy) is 1. The van der Waals surface area contributed by atoms with Crippen LogP contribution >= 0.6 is 11.6 Å². The number of rotatable bonds is 3. The summed E-state index contributed by atoms with van der Waals surface area (Å²) < 4.78 is 5.72. The molecule has 96 valence electrons. The average Bonchev–Trinajstić information content (AvgIpc) is 2.93. The van der Waals surface area contributed by atoms with Crippen LogP contribution in [0.5, 0.6) is 0 Å². The van der Waals surface area contributed by atoms with Gasteiger partial charge in [-0.2, -0.15) is 0 Å². The summed E-state index contributed by atoms with van der Waals surface area (Å²) in [6.45, 7) is 0. The number of aromatic nitrogens is 1. The highest BCUT2D eigenvalue weighted by Gasteiger charge is 2.57. The molecule has 0 aromatic carbocycles. The van der Waals surface area contributed by atoms with E-state index in [2.05, 4.69) is 4.98 Å². The molecule has 2 aliphatic heterocycles. The molecule has 0 spiro atoms. The lowest BCUT2D eigenvalue weighted by molar-refractivity contribution is -0.152. The van der Waals surface area contributed by atoms with Crippen molar-refractivity contribution in [3.05, 3.63) is 29.0 Å². The second kappa shape index (κ2) is 4.21. The van der Waals surface area contributed by atoms with E-state index >= 15 is 0 Å². The van der Waals surface area contributed by atoms with Gasteiger partial charge in [-0.15, -0.1) is 0 Å². The smallest absolute Gasteiger partial charge is 0.312 e. The van der Waals surface area contributed by atoms with Crippen molar-refractivity contribution >= 4 is 17.6 Å². The van der Waals surface area contributed by atoms with Crippen LogP contribution in [-0.4, -0.2) is 28.3 Å². The third kappa shape index (κ3) is 1.71. The Morgan fingerprint density at radius 1 is 1.61 bits per heavy atom. The summed E-state index contributed by atoms with van der Waals surface area (Å²) in [4.78, 5) is 15.6. The molecule has 3 heterocycles. The fourth-order valence-electron chi connectivity index (χ4n) is 3.17. The van der Waals surface area contributed by atoms with Gasteiger partial charge in [0.25, 0.3) is 0 Å². The molecule has 18 heavy (non-hydrogen) atoms. The molecular weight excluding hydrogens is 254 g/mol. The highest BCUT2D eigenvalue weighted by atomic mass is 35.5. The number of carboxylic acids is 1. The zero-order valence-electron chi connectivity index (χ0n) is 9.80. The summed E-state index contributed by atoms with van der Waals surface area (Å²) in [5.41, 5.74) is 0.0266. The van der Waals surface area contributed by atoms with Crippen molar-refractivity contribution < 1.29 is 14.6 Å². The molecule has 1 aromatic rings. The summed E-state index contributed by atoms with van der Waals surface area (Å²) in [7, 11) is 0. The number of hydrogen-bond acceptors (Lipinski definition) is 3. The quantitative estimate of drug-likeness (QED) is 0.913. The van der Waals surface area contributed by atoms with Gasteiger partial charge in [-0.25, -0.2) is 0 Å². The highest BCUT2D eigenvalue weighted by Crippen LogP contribution is 2.50. The van der Waals surface area contributed by atoms with E-state index in [-0.39, 0.29) is 12.2 Å². The van der Waals surface area contributed by atoms with Gasteiger partial charge in [-0.3, -0.25) is 9.78 Å². The molecular formula is C13H14ClNO3. The minimum Gasteiger partial charge on any atom is -0.481 e. The number of fused-ring (bicyclic) bond motifs is 2. The Morgan fingerprint density at radius 3 is 3.00 bits per heavy atom. The van der Waals surface area contributed by atoms with Crippen molar-refractivity contribution in [2.24, 2.45) is 5.41 Å². The first-order valence-corrected chi connectivity index (χ1v) is 6.47. The maximum absolute atomic E-state index is 11.7. The van der Waals surface area contributed by atoms with Crippen LogP contribution in [0.15, 0.2) is 18.5 Å². The molecule has 2 fully saturated rings. The van der Waals surface area contributed by atoms with E-state index in [1.54, 1.807) is 18.5 Å². The van der Waals surface area contributed by atoms with Crippen LogP contribution in [0.3, 0.4) is 0 Å². The molecule has 3 unspecified atom stereocenters. The van der Waals surface area contributed by atoms with Crippen molar-refractivity contribution in [1.29, 1.82) is 0 Å². The fourth-order valence-corrected chi connectivity index (χ4v) is 3.36. The molecule has 1 N–H and O–H groups in total. The van der Waals surface area contributed by atoms with E-state index in [0.717, 1.165) is 18.4 Å². The minimum absolute atomic E-state index is 0.103. The van der Waals surface area contributed by atoms with Gasteiger partial charge >= 0.3 is 5.97 Å². The maximum atomic E-state index is 11.7. The number of halogens is 1. The van der Waals surface area contributed by atoms with E-state index in [4.69, 9.17) is 16.3 Å². The third-order valence-electron chi connectivity index (χ3n) is 4.10. The summed E-state index contributed by atoms with van der Waals surface area (Å²) in [6.07, 6.45) is 5.95. The Labute approximate surface area is 110 Å². The van der Waals surface area contributed by atoms with E-state index in [9.17, 15) is 9.90 Å². The normalized spacial score (nSPS) is 33.8. The molecule has 0 saturated carbocycles. The van der Waals surface area contributed by atoms with Crippen LogP contribution in [0, 0.1) is 5.41 Å². The summed E-state index contributed by atoms with van der Waals surface area (Å²) in [5.74, 6) is -0.775. The summed E-state index contributed by atoms with van der Waals surface area (Å²) >= 11 is 6.08. The van der Waals surface area contributed by atoms with E-state index in [0.29, 0.717) is 17.9 Å². The predicted octanol–water partition coefficient (Wildman–Crippen LogP) is 2.30. The molecule has 1 aromatic heterocycles. The van der Waals surface area contributed by atoms with E-state index in [1.807, 2.05) is 0 Å². The maximum Gasteiger partial charge on any atom is 0.312 e. The van der Waals surface area contributed by atoms with Gasteiger partial charge in [0.15, 0.2) is 0 Å². The Morgan fingerprint density at radius 2 is 2.44 bits per heavy atom. The number of pyridine rings is 1. The minimum atomic E-state index is -0.812. The second-order valence-corrected chi connectivity index (χ2v) is 5.54. The molecule has 2 bridgehead atoms. The van der Waals surface area contributed by atoms with Crippen LogP contribution < -0.4 is 0 Å². The van der Waals surface area contributed by atoms with Crippen LogP contribution in [0.1, 0.15) is 24.8 Å². The first kappa shape index (κ1) is 11.9. The Hall–Kier alpha value is -1.13. The molecule has 2 aliphatic rings. The van der Waals surface area contributed by atoms with Crippen molar-refractivity contribution in [2.75, 3.05) is 0 Å². The van der Waals surface area contributed by atoms with Gasteiger partial charge in [0, 0.05) is 12.4 Å². The van der Waals surface area contributed by atoms with Crippen LogP contribution in [0.25, 0.3) is 0 Å². The van der Waals surface area contributed by atoms with Gasteiger partial charge in [0.1, 0.15) is 5.41 Å². The van der Waals surface area contributed by atoms with Crippen molar-refractivity contribution in [1.82, 2.24) is 4.98 Å². The Bertz CT molecular complexity index is 493. The van der Waals surface area contributed by atoms with Crippen LogP contribution in [0.2, 0.25) is 5.02 Å². The molecule has 0 amide bonds. The molecule has 2 saturated heterocycles. The number of nitrogens with zero attached hydrogens (tertiary/aromatic N) is 1. The first-order chi connectivity index (χ1) is 8.62. The number of carboxylic acid groups (broad SMARTS) is 1. The van der Waals surface area contributed by atoms with E-state index < -0.39 is 11.4 Å². The average molecular weight is 268 g/mol. The third-order valence-corrected chi connectivity index (χ3v) is 4.44. The SMILES string of the molecule is O=C(O)C1(Cc2ccncc2Cl)CC2CCC1O2. The van der Waals surface area contributed by atoms with Crippen LogP contribution in [-0.2, 0) is 16.0 Å². The molecule has 0 aliphatic carbocycles. The second-order valence-electron chi connectivity index (χ2n) is 5.13. The first-order valence-electron chi connectivity index (χ1n) is 6.09. The molecule has 0 radical (unpaired) electrons. The van der Waals surface area contributed by atoms with Gasteiger partial charge in [0.05, 0.1) is 17.2 Å². The van der Waals surface area contributed by atoms with Gasteiger partial charge in [-0.05, 0) is 37.3 Å². The molecule has 3 atom stereocenters. The molecule has 5 heteroatoms. The van der Waals surface area contributed by atoms with Gasteiger partial charge in [-0.1, -0.05) is 11.6 Å². The van der Waals surface area contributed by atoms with Crippen molar-refractivity contribution in [2.45, 2.75) is 37.9 Å².